The van der Waals surface area contributed by atoms with E-state index in [1.165, 1.54) is 11.8 Å². The Balaban J connectivity index is 1.80. The Labute approximate surface area is 190 Å². The maximum absolute atomic E-state index is 12.5. The third kappa shape index (κ3) is 5.18. The van der Waals surface area contributed by atoms with E-state index in [-0.39, 0.29) is 23.8 Å². The number of carbonyl (C=O) groups is 2. The summed E-state index contributed by atoms with van der Waals surface area (Å²) in [5.74, 6) is -0.166. The average Bonchev–Trinajstić information content (AvgIpc) is 2.92. The highest BCUT2D eigenvalue weighted by atomic mass is 79.9. The summed E-state index contributed by atoms with van der Waals surface area (Å²) in [6, 6.07) is 8.11. The Morgan fingerprint density at radius 1 is 1.27 bits per heavy atom. The highest BCUT2D eigenvalue weighted by Gasteiger charge is 2.48. The molecule has 0 saturated carbocycles. The molecule has 2 aliphatic rings. The quantitative estimate of drug-likeness (QED) is 0.687. The van der Waals surface area contributed by atoms with Gasteiger partial charge in [0.1, 0.15) is 11.3 Å². The molecule has 30 heavy (non-hydrogen) atoms. The lowest BCUT2D eigenvalue weighted by molar-refractivity contribution is -0.115. The Morgan fingerprint density at radius 2 is 1.87 bits per heavy atom. The number of benzene rings is 1. The molecule has 2 heterocycles. The van der Waals surface area contributed by atoms with Crippen molar-refractivity contribution in [1.29, 1.82) is 0 Å². The number of ether oxygens (including phenoxy) is 1. The molecule has 0 radical (unpaired) electrons. The second-order valence-electron chi connectivity index (χ2n) is 8.72. The van der Waals surface area contributed by atoms with Crippen LogP contribution in [0.2, 0.25) is 0 Å². The fourth-order valence-corrected chi connectivity index (χ4v) is 5.10. The van der Waals surface area contributed by atoms with Crippen molar-refractivity contribution in [3.63, 3.8) is 0 Å². The summed E-state index contributed by atoms with van der Waals surface area (Å²) in [5.41, 5.74) is 5.58. The van der Waals surface area contributed by atoms with Gasteiger partial charge in [-0.25, -0.2) is 4.79 Å². The zero-order valence-corrected chi connectivity index (χ0v) is 20.3. The number of amides is 2. The van der Waals surface area contributed by atoms with Gasteiger partial charge in [-0.2, -0.15) is 0 Å². The smallest absolute Gasteiger partial charge is 0.410 e. The molecule has 7 nitrogen and oxygen atoms in total. The number of halogens is 1. The summed E-state index contributed by atoms with van der Waals surface area (Å²) in [4.78, 5) is 33.0. The largest absolute Gasteiger partial charge is 0.444 e. The fraction of sp³-hybridized carbons (Fsp3) is 0.571. The number of rotatable bonds is 3. The van der Waals surface area contributed by atoms with Crippen LogP contribution in [0.25, 0.3) is 0 Å². The van der Waals surface area contributed by atoms with Crippen LogP contribution in [-0.2, 0) is 9.53 Å². The molecule has 0 bridgehead atoms. The number of carbonyl (C=O) groups excluding carboxylic acids is 2. The lowest BCUT2D eigenvalue weighted by atomic mass is 9.95. The Hall–Kier alpha value is -1.58. The van der Waals surface area contributed by atoms with Crippen molar-refractivity contribution in [3.05, 3.63) is 34.3 Å². The summed E-state index contributed by atoms with van der Waals surface area (Å²) in [7, 11) is 2.07. The van der Waals surface area contributed by atoms with Crippen molar-refractivity contribution in [2.45, 2.75) is 50.9 Å². The van der Waals surface area contributed by atoms with Gasteiger partial charge in [-0.05, 0) is 45.5 Å². The van der Waals surface area contributed by atoms with Gasteiger partial charge in [0, 0.05) is 30.4 Å². The topological polar surface area (TPSA) is 88.2 Å². The summed E-state index contributed by atoms with van der Waals surface area (Å²) < 4.78 is 6.53. The molecule has 2 amide bonds. The first-order chi connectivity index (χ1) is 14.0. The predicted octanol–water partition coefficient (Wildman–Crippen LogP) is 3.78. The van der Waals surface area contributed by atoms with Gasteiger partial charge in [0.2, 0.25) is 5.91 Å². The molecule has 164 valence electrons. The molecule has 2 N–H and O–H groups in total. The number of hydrogen-bond donors (Lipinski definition) is 1. The third-order valence-electron chi connectivity index (χ3n) is 5.36. The first-order valence-corrected chi connectivity index (χ1v) is 11.8. The number of thioether (sulfide) groups is 1. The highest BCUT2D eigenvalue weighted by Crippen LogP contribution is 2.44. The molecular formula is C21H29BrN4O3S. The minimum absolute atomic E-state index is 0.0458. The maximum Gasteiger partial charge on any atom is 0.410 e. The number of likely N-dealkylation sites (tertiary alicyclic amines) is 1. The van der Waals surface area contributed by atoms with Gasteiger partial charge in [-0.1, -0.05) is 39.8 Å². The Kier molecular flexibility index (Phi) is 6.84. The van der Waals surface area contributed by atoms with E-state index in [1.807, 2.05) is 32.9 Å². The minimum atomic E-state index is -0.514. The lowest BCUT2D eigenvalue weighted by Gasteiger charge is -2.43. The van der Waals surface area contributed by atoms with Crippen LogP contribution in [0.4, 0.5) is 4.79 Å². The molecule has 0 aromatic heterocycles. The maximum atomic E-state index is 12.5. The van der Waals surface area contributed by atoms with Gasteiger partial charge in [-0.3, -0.25) is 14.7 Å². The van der Waals surface area contributed by atoms with Crippen LogP contribution in [0.1, 0.15) is 45.2 Å². The van der Waals surface area contributed by atoms with Gasteiger partial charge in [-0.15, -0.1) is 0 Å². The second-order valence-corrected chi connectivity index (χ2v) is 10.6. The fourth-order valence-electron chi connectivity index (χ4n) is 3.86. The molecule has 1 spiro atoms. The zero-order valence-electron chi connectivity index (χ0n) is 17.9. The van der Waals surface area contributed by atoms with E-state index >= 15 is 0 Å². The summed E-state index contributed by atoms with van der Waals surface area (Å²) in [5, 5.41) is 0.893. The van der Waals surface area contributed by atoms with Crippen LogP contribution >= 0.6 is 27.7 Å². The van der Waals surface area contributed by atoms with Crippen molar-refractivity contribution < 1.29 is 14.3 Å². The van der Waals surface area contributed by atoms with Gasteiger partial charge in [0.15, 0.2) is 0 Å². The summed E-state index contributed by atoms with van der Waals surface area (Å²) in [6.07, 6.45) is 1.13. The molecule has 2 aliphatic heterocycles. The van der Waals surface area contributed by atoms with E-state index in [0.717, 1.165) is 15.1 Å². The van der Waals surface area contributed by atoms with Gasteiger partial charge >= 0.3 is 6.09 Å². The first kappa shape index (κ1) is 23.1. The standard InChI is InChI=1S/C21H29BrN4O3S/c1-20(2,3)29-19(28)26-11-9-21(10-12-26)24-18(30-13-16(23)27)17(25(21)4)14-5-7-15(22)8-6-14/h5-8,17H,9-13H2,1-4H3,(H2,23,27). The molecule has 1 saturated heterocycles. The van der Waals surface area contributed by atoms with Crippen LogP contribution < -0.4 is 5.73 Å². The monoisotopic (exact) mass is 496 g/mol. The average molecular weight is 497 g/mol. The van der Waals surface area contributed by atoms with Gasteiger partial charge in [0.25, 0.3) is 0 Å². The van der Waals surface area contributed by atoms with Crippen LogP contribution in [-0.4, -0.2) is 64.0 Å². The van der Waals surface area contributed by atoms with E-state index < -0.39 is 11.3 Å². The lowest BCUT2D eigenvalue weighted by Crippen LogP contribution is -2.53. The summed E-state index contributed by atoms with van der Waals surface area (Å²) >= 11 is 4.89. The SMILES string of the molecule is CN1C(c2ccc(Br)cc2)C(SCC(N)=O)=NC12CCN(C(=O)OC(C)(C)C)CC2. The van der Waals surface area contributed by atoms with E-state index in [9.17, 15) is 9.59 Å². The highest BCUT2D eigenvalue weighted by molar-refractivity contribution is 9.10. The normalized spacial score (nSPS) is 21.6. The van der Waals surface area contributed by atoms with Crippen LogP contribution in [0.5, 0.6) is 0 Å². The van der Waals surface area contributed by atoms with Gasteiger partial charge < -0.3 is 15.4 Å². The number of nitrogens with two attached hydrogens (primary N) is 1. The van der Waals surface area contributed by atoms with E-state index in [0.29, 0.717) is 25.9 Å². The molecule has 1 unspecified atom stereocenters. The zero-order chi connectivity index (χ0) is 22.1. The van der Waals surface area contributed by atoms with E-state index in [1.54, 1.807) is 4.90 Å². The second kappa shape index (κ2) is 8.88. The van der Waals surface area contributed by atoms with Crippen LogP contribution in [0, 0.1) is 0 Å². The molecule has 1 fully saturated rings. The molecule has 1 aromatic carbocycles. The number of piperidine rings is 1. The minimum Gasteiger partial charge on any atom is -0.444 e. The van der Waals surface area contributed by atoms with E-state index in [4.69, 9.17) is 15.5 Å². The Morgan fingerprint density at radius 3 is 2.40 bits per heavy atom. The van der Waals surface area contributed by atoms with Crippen molar-refractivity contribution in [3.8, 4) is 0 Å². The van der Waals surface area contributed by atoms with E-state index in [2.05, 4.69) is 40.0 Å². The van der Waals surface area contributed by atoms with Crippen molar-refractivity contribution in [2.24, 2.45) is 10.7 Å². The van der Waals surface area contributed by atoms with Crippen LogP contribution in [0.3, 0.4) is 0 Å². The first-order valence-electron chi connectivity index (χ1n) is 9.98. The van der Waals surface area contributed by atoms with Crippen molar-refractivity contribution in [2.75, 3.05) is 25.9 Å². The molecule has 1 aromatic rings. The van der Waals surface area contributed by atoms with Crippen molar-refractivity contribution >= 4 is 44.7 Å². The molecule has 3 rings (SSSR count). The number of aliphatic imine (C=N–C) groups is 1. The number of nitrogens with zero attached hydrogens (tertiary/aromatic N) is 3. The number of primary amides is 1. The molecule has 1 atom stereocenters. The number of hydrogen-bond acceptors (Lipinski definition) is 6. The van der Waals surface area contributed by atoms with Crippen LogP contribution in [0.15, 0.2) is 33.7 Å². The third-order valence-corrected chi connectivity index (χ3v) is 6.93. The van der Waals surface area contributed by atoms with Gasteiger partial charge in [0.05, 0.1) is 16.8 Å². The molecule has 0 aliphatic carbocycles. The van der Waals surface area contributed by atoms with Crippen molar-refractivity contribution in [1.82, 2.24) is 9.80 Å². The Bertz CT molecular complexity index is 830. The summed E-state index contributed by atoms with van der Waals surface area (Å²) in [6.45, 7) is 6.76. The molecule has 9 heteroatoms. The predicted molar refractivity (Wildman–Crippen MR) is 124 cm³/mol. The molecular weight excluding hydrogens is 468 g/mol.